The van der Waals surface area contributed by atoms with Gasteiger partial charge in [-0.1, -0.05) is 11.8 Å². The Morgan fingerprint density at radius 1 is 1.23 bits per heavy atom. The summed E-state index contributed by atoms with van der Waals surface area (Å²) in [5.74, 6) is 0.884. The SMILES string of the molecule is O=[N+]([O-])c1ccc(-c2cnc(SCCc3cnc[nH]3)[nH]2)cc1. The zero-order valence-electron chi connectivity index (χ0n) is 11.5. The summed E-state index contributed by atoms with van der Waals surface area (Å²) in [4.78, 5) is 24.8. The molecule has 0 fully saturated rings. The number of H-pyrrole nitrogens is 2. The van der Waals surface area contributed by atoms with Crippen molar-refractivity contribution >= 4 is 17.4 Å². The third-order valence-corrected chi connectivity index (χ3v) is 4.00. The Bertz CT molecular complexity index is 752. The average Bonchev–Trinajstić information content (AvgIpc) is 3.19. The average molecular weight is 315 g/mol. The molecule has 0 spiro atoms. The Morgan fingerprint density at radius 2 is 2.05 bits per heavy atom. The molecular formula is C14H13N5O2S. The standard InChI is InChI=1S/C14H13N5O2S/c20-19(21)12-3-1-10(2-4-12)13-8-16-14(18-13)22-6-5-11-7-15-9-17-11/h1-4,7-9H,5-6H2,(H,15,17)(H,16,18). The van der Waals surface area contributed by atoms with E-state index < -0.39 is 4.92 Å². The molecule has 3 aromatic rings. The fourth-order valence-electron chi connectivity index (χ4n) is 1.96. The van der Waals surface area contributed by atoms with Crippen molar-refractivity contribution in [1.29, 1.82) is 0 Å². The number of nitro benzene ring substituents is 1. The minimum atomic E-state index is -0.409. The maximum atomic E-state index is 10.6. The van der Waals surface area contributed by atoms with Gasteiger partial charge in [-0.2, -0.15) is 0 Å². The normalized spacial score (nSPS) is 10.7. The van der Waals surface area contributed by atoms with Crippen molar-refractivity contribution in [3.05, 3.63) is 58.8 Å². The van der Waals surface area contributed by atoms with Gasteiger partial charge in [0.15, 0.2) is 5.16 Å². The van der Waals surface area contributed by atoms with Crippen LogP contribution in [0.2, 0.25) is 0 Å². The lowest BCUT2D eigenvalue weighted by Gasteiger charge is -1.98. The number of thioether (sulfide) groups is 1. The van der Waals surface area contributed by atoms with E-state index in [-0.39, 0.29) is 5.69 Å². The van der Waals surface area contributed by atoms with E-state index in [1.807, 2.05) is 6.20 Å². The maximum Gasteiger partial charge on any atom is 0.269 e. The molecule has 3 rings (SSSR count). The van der Waals surface area contributed by atoms with Crippen LogP contribution in [0.5, 0.6) is 0 Å². The lowest BCUT2D eigenvalue weighted by molar-refractivity contribution is -0.384. The Balaban J connectivity index is 1.61. The molecular weight excluding hydrogens is 302 g/mol. The van der Waals surface area contributed by atoms with E-state index in [2.05, 4.69) is 19.9 Å². The van der Waals surface area contributed by atoms with Crippen LogP contribution in [0.3, 0.4) is 0 Å². The zero-order valence-corrected chi connectivity index (χ0v) is 12.3. The number of aryl methyl sites for hydroxylation is 1. The second-order valence-electron chi connectivity index (χ2n) is 4.58. The largest absolute Gasteiger partial charge is 0.348 e. The number of non-ortho nitro benzene ring substituents is 1. The lowest BCUT2D eigenvalue weighted by atomic mass is 10.1. The molecule has 8 heteroatoms. The first kappa shape index (κ1) is 14.3. The van der Waals surface area contributed by atoms with Crippen molar-refractivity contribution in [2.24, 2.45) is 0 Å². The van der Waals surface area contributed by atoms with Gasteiger partial charge in [0, 0.05) is 35.3 Å². The summed E-state index contributed by atoms with van der Waals surface area (Å²) in [5, 5.41) is 11.5. The van der Waals surface area contributed by atoms with Crippen LogP contribution in [0.1, 0.15) is 5.69 Å². The van der Waals surface area contributed by atoms with Crippen LogP contribution in [0.4, 0.5) is 5.69 Å². The van der Waals surface area contributed by atoms with Gasteiger partial charge >= 0.3 is 0 Å². The molecule has 0 aliphatic rings. The van der Waals surface area contributed by atoms with Gasteiger partial charge in [-0.05, 0) is 18.6 Å². The molecule has 22 heavy (non-hydrogen) atoms. The van der Waals surface area contributed by atoms with Crippen LogP contribution in [0.15, 0.2) is 48.1 Å². The van der Waals surface area contributed by atoms with Crippen molar-refractivity contribution in [3.63, 3.8) is 0 Å². The van der Waals surface area contributed by atoms with E-state index >= 15 is 0 Å². The van der Waals surface area contributed by atoms with E-state index in [4.69, 9.17) is 0 Å². The summed E-state index contributed by atoms with van der Waals surface area (Å²) < 4.78 is 0. The molecule has 0 unspecified atom stereocenters. The highest BCUT2D eigenvalue weighted by atomic mass is 32.2. The number of hydrogen-bond donors (Lipinski definition) is 2. The number of benzene rings is 1. The molecule has 0 saturated carbocycles. The van der Waals surface area contributed by atoms with E-state index in [0.717, 1.165) is 34.3 Å². The second-order valence-corrected chi connectivity index (χ2v) is 5.66. The van der Waals surface area contributed by atoms with Gasteiger partial charge in [-0.3, -0.25) is 10.1 Å². The molecule has 0 aliphatic carbocycles. The van der Waals surface area contributed by atoms with Gasteiger partial charge in [-0.15, -0.1) is 0 Å². The summed E-state index contributed by atoms with van der Waals surface area (Å²) in [6, 6.07) is 6.40. The van der Waals surface area contributed by atoms with Crippen molar-refractivity contribution < 1.29 is 4.92 Å². The van der Waals surface area contributed by atoms with Crippen LogP contribution in [0, 0.1) is 10.1 Å². The number of nitrogens with zero attached hydrogens (tertiary/aromatic N) is 3. The summed E-state index contributed by atoms with van der Waals surface area (Å²) in [7, 11) is 0. The molecule has 0 amide bonds. The fourth-order valence-corrected chi connectivity index (χ4v) is 2.79. The topological polar surface area (TPSA) is 100 Å². The third-order valence-electron chi connectivity index (χ3n) is 3.11. The minimum absolute atomic E-state index is 0.0809. The molecule has 0 atom stereocenters. The monoisotopic (exact) mass is 315 g/mol. The molecule has 2 aromatic heterocycles. The van der Waals surface area contributed by atoms with Crippen LogP contribution in [-0.2, 0) is 6.42 Å². The Labute approximate surface area is 130 Å². The Hall–Kier alpha value is -2.61. The van der Waals surface area contributed by atoms with Gasteiger partial charge in [0.25, 0.3) is 5.69 Å². The van der Waals surface area contributed by atoms with Crippen molar-refractivity contribution in [1.82, 2.24) is 19.9 Å². The molecule has 0 aliphatic heterocycles. The molecule has 0 radical (unpaired) electrons. The van der Waals surface area contributed by atoms with Crippen molar-refractivity contribution in [3.8, 4) is 11.3 Å². The van der Waals surface area contributed by atoms with Gasteiger partial charge in [-0.25, -0.2) is 9.97 Å². The van der Waals surface area contributed by atoms with Gasteiger partial charge in [0.1, 0.15) is 0 Å². The second kappa shape index (κ2) is 6.44. The number of hydrogen-bond acceptors (Lipinski definition) is 5. The van der Waals surface area contributed by atoms with Crippen molar-refractivity contribution in [2.45, 2.75) is 11.6 Å². The molecule has 1 aromatic carbocycles. The van der Waals surface area contributed by atoms with E-state index in [1.165, 1.54) is 12.1 Å². The number of nitrogens with one attached hydrogen (secondary N) is 2. The van der Waals surface area contributed by atoms with E-state index in [9.17, 15) is 10.1 Å². The first-order valence-corrected chi connectivity index (χ1v) is 7.61. The van der Waals surface area contributed by atoms with Gasteiger partial charge in [0.2, 0.25) is 0 Å². The van der Waals surface area contributed by atoms with Gasteiger partial charge in [0.05, 0.1) is 23.1 Å². The van der Waals surface area contributed by atoms with Crippen LogP contribution < -0.4 is 0 Å². The predicted octanol–water partition coefficient (Wildman–Crippen LogP) is 3.04. The molecule has 0 saturated heterocycles. The summed E-state index contributed by atoms with van der Waals surface area (Å²) in [6.07, 6.45) is 6.10. The highest BCUT2D eigenvalue weighted by Crippen LogP contribution is 2.23. The molecule has 7 nitrogen and oxygen atoms in total. The first-order valence-electron chi connectivity index (χ1n) is 6.62. The minimum Gasteiger partial charge on any atom is -0.348 e. The quantitative estimate of drug-likeness (QED) is 0.413. The number of imidazole rings is 2. The Kier molecular flexibility index (Phi) is 4.19. The summed E-state index contributed by atoms with van der Waals surface area (Å²) >= 11 is 1.62. The number of aromatic amines is 2. The summed E-state index contributed by atoms with van der Waals surface area (Å²) in [6.45, 7) is 0. The number of rotatable bonds is 6. The number of nitro groups is 1. The number of aromatic nitrogens is 4. The Morgan fingerprint density at radius 3 is 2.73 bits per heavy atom. The smallest absolute Gasteiger partial charge is 0.269 e. The van der Waals surface area contributed by atoms with Crippen LogP contribution in [0.25, 0.3) is 11.3 Å². The third kappa shape index (κ3) is 3.34. The fraction of sp³-hybridized carbons (Fsp3) is 0.143. The van der Waals surface area contributed by atoms with Crippen LogP contribution in [-0.4, -0.2) is 30.6 Å². The van der Waals surface area contributed by atoms with E-state index in [0.29, 0.717) is 0 Å². The molecule has 2 heterocycles. The van der Waals surface area contributed by atoms with E-state index in [1.54, 1.807) is 36.4 Å². The molecule has 112 valence electrons. The summed E-state index contributed by atoms with van der Waals surface area (Å²) in [5.41, 5.74) is 2.89. The van der Waals surface area contributed by atoms with Crippen LogP contribution >= 0.6 is 11.8 Å². The van der Waals surface area contributed by atoms with Crippen molar-refractivity contribution in [2.75, 3.05) is 5.75 Å². The lowest BCUT2D eigenvalue weighted by Crippen LogP contribution is -1.89. The van der Waals surface area contributed by atoms with Gasteiger partial charge < -0.3 is 9.97 Å². The molecule has 2 N–H and O–H groups in total. The highest BCUT2D eigenvalue weighted by molar-refractivity contribution is 7.99. The maximum absolute atomic E-state index is 10.6. The first-order chi connectivity index (χ1) is 10.7. The zero-order chi connectivity index (χ0) is 15.4. The highest BCUT2D eigenvalue weighted by Gasteiger charge is 2.08. The predicted molar refractivity (Wildman–Crippen MR) is 83.7 cm³/mol. The molecule has 0 bridgehead atoms.